The van der Waals surface area contributed by atoms with Crippen LogP contribution in [-0.4, -0.2) is 45.2 Å². The zero-order chi connectivity index (χ0) is 14.6. The zero-order valence-electron chi connectivity index (χ0n) is 9.34. The van der Waals surface area contributed by atoms with Crippen molar-refractivity contribution in [2.24, 2.45) is 0 Å². The lowest BCUT2D eigenvalue weighted by Crippen LogP contribution is -2.31. The second kappa shape index (κ2) is 5.52. The van der Waals surface area contributed by atoms with E-state index in [2.05, 4.69) is 4.98 Å². The van der Waals surface area contributed by atoms with Crippen LogP contribution in [0.25, 0.3) is 0 Å². The van der Waals surface area contributed by atoms with Crippen LogP contribution < -0.4 is 5.32 Å². The Hall–Kier alpha value is -2.36. The van der Waals surface area contributed by atoms with Gasteiger partial charge in [0, 0.05) is 12.3 Å². The van der Waals surface area contributed by atoms with E-state index in [4.69, 9.17) is 10.2 Å². The second-order valence-electron chi connectivity index (χ2n) is 3.52. The summed E-state index contributed by atoms with van der Waals surface area (Å²) in [7, 11) is 0. The average molecular weight is 277 g/mol. The average Bonchev–Trinajstić information content (AvgIpc) is 2.36. The lowest BCUT2D eigenvalue weighted by atomic mass is 10.2. The minimum Gasteiger partial charge on any atom is -0.478 e. The summed E-state index contributed by atoms with van der Waals surface area (Å²) in [5.74, 6) is -5.40. The van der Waals surface area contributed by atoms with Crippen LogP contribution in [0.4, 0.5) is 20.3 Å². The number of nitrogens with zero attached hydrogens (tertiary/aromatic N) is 2. The standard InChI is InChI=1S/C9H9F2N3O5/c10-9(11,4-15)3-13-7-6(14(18)19)1-5(2-12-7)8(16)17/h1-2,15H,3-4H2,(H,12,13)(H,16,17). The summed E-state index contributed by atoms with van der Waals surface area (Å²) in [4.78, 5) is 23.8. The van der Waals surface area contributed by atoms with Gasteiger partial charge in [-0.1, -0.05) is 0 Å². The van der Waals surface area contributed by atoms with Crippen LogP contribution in [0.3, 0.4) is 0 Å². The fourth-order valence-electron chi connectivity index (χ4n) is 1.11. The lowest BCUT2D eigenvalue weighted by molar-refractivity contribution is -0.384. The van der Waals surface area contributed by atoms with Crippen molar-refractivity contribution in [2.75, 3.05) is 18.5 Å². The van der Waals surface area contributed by atoms with E-state index >= 15 is 0 Å². The van der Waals surface area contributed by atoms with E-state index in [1.54, 1.807) is 0 Å². The molecule has 10 heteroatoms. The summed E-state index contributed by atoms with van der Waals surface area (Å²) in [5, 5.41) is 29.7. The van der Waals surface area contributed by atoms with Crippen molar-refractivity contribution < 1.29 is 28.7 Å². The number of carboxylic acid groups (broad SMARTS) is 1. The smallest absolute Gasteiger partial charge is 0.337 e. The van der Waals surface area contributed by atoms with Gasteiger partial charge in [0.1, 0.15) is 6.61 Å². The molecule has 0 spiro atoms. The van der Waals surface area contributed by atoms with E-state index in [-0.39, 0.29) is 0 Å². The maximum absolute atomic E-state index is 12.8. The summed E-state index contributed by atoms with van der Waals surface area (Å²) in [6.07, 6.45) is 0.800. The normalized spacial score (nSPS) is 11.1. The van der Waals surface area contributed by atoms with Gasteiger partial charge in [0.25, 0.3) is 5.92 Å². The Morgan fingerprint density at radius 2 is 2.21 bits per heavy atom. The summed E-state index contributed by atoms with van der Waals surface area (Å²) >= 11 is 0. The van der Waals surface area contributed by atoms with E-state index < -0.39 is 47.0 Å². The van der Waals surface area contributed by atoms with E-state index in [0.717, 1.165) is 6.20 Å². The monoisotopic (exact) mass is 277 g/mol. The molecule has 0 saturated carbocycles. The Labute approximate surface area is 104 Å². The highest BCUT2D eigenvalue weighted by Crippen LogP contribution is 2.24. The summed E-state index contributed by atoms with van der Waals surface area (Å²) in [6, 6.07) is 0.703. The number of halogens is 2. The van der Waals surface area contributed by atoms with E-state index in [9.17, 15) is 23.7 Å². The number of aromatic nitrogens is 1. The van der Waals surface area contributed by atoms with Gasteiger partial charge in [-0.15, -0.1) is 0 Å². The molecule has 8 nitrogen and oxygen atoms in total. The molecule has 19 heavy (non-hydrogen) atoms. The number of alkyl halides is 2. The first-order valence-electron chi connectivity index (χ1n) is 4.87. The maximum atomic E-state index is 12.8. The fraction of sp³-hybridized carbons (Fsp3) is 0.333. The number of carbonyl (C=O) groups is 1. The van der Waals surface area contributed by atoms with Crippen LogP contribution in [0, 0.1) is 10.1 Å². The minimum absolute atomic E-state index is 0.439. The molecule has 0 saturated heterocycles. The zero-order valence-corrected chi connectivity index (χ0v) is 9.34. The number of pyridine rings is 1. The minimum atomic E-state index is -3.47. The predicted octanol–water partition coefficient (Wildman–Crippen LogP) is 0.727. The molecule has 1 aromatic heterocycles. The number of hydrogen-bond acceptors (Lipinski definition) is 6. The first-order chi connectivity index (χ1) is 8.76. The number of hydrogen-bond donors (Lipinski definition) is 3. The first kappa shape index (κ1) is 14.7. The molecule has 0 amide bonds. The Morgan fingerprint density at radius 3 is 2.68 bits per heavy atom. The van der Waals surface area contributed by atoms with Crippen molar-refractivity contribution in [3.63, 3.8) is 0 Å². The molecule has 0 aliphatic heterocycles. The van der Waals surface area contributed by atoms with Crippen molar-refractivity contribution in [1.82, 2.24) is 4.98 Å². The summed E-state index contributed by atoms with van der Waals surface area (Å²) in [5.41, 5.74) is -1.18. The summed E-state index contributed by atoms with van der Waals surface area (Å²) < 4.78 is 25.5. The highest BCUT2D eigenvalue weighted by Gasteiger charge is 2.29. The molecule has 1 rings (SSSR count). The van der Waals surface area contributed by atoms with Gasteiger partial charge in [-0.3, -0.25) is 10.1 Å². The van der Waals surface area contributed by atoms with Gasteiger partial charge in [0.2, 0.25) is 5.82 Å². The van der Waals surface area contributed by atoms with E-state index in [0.29, 0.717) is 6.07 Å². The highest BCUT2D eigenvalue weighted by molar-refractivity contribution is 5.88. The number of rotatable bonds is 6. The molecular formula is C9H9F2N3O5. The number of nitro groups is 1. The van der Waals surface area contributed by atoms with Crippen molar-refractivity contribution in [3.05, 3.63) is 27.9 Å². The third kappa shape index (κ3) is 3.81. The number of aliphatic hydroxyl groups is 1. The van der Waals surface area contributed by atoms with Gasteiger partial charge in [-0.25, -0.2) is 18.6 Å². The van der Waals surface area contributed by atoms with Crippen LogP contribution in [-0.2, 0) is 0 Å². The molecule has 3 N–H and O–H groups in total. The number of anilines is 1. The molecule has 1 heterocycles. The van der Waals surface area contributed by atoms with Gasteiger partial charge in [0.15, 0.2) is 0 Å². The Kier molecular flexibility index (Phi) is 4.27. The van der Waals surface area contributed by atoms with E-state index in [1.165, 1.54) is 0 Å². The molecule has 0 aliphatic carbocycles. The van der Waals surface area contributed by atoms with Gasteiger partial charge < -0.3 is 15.5 Å². The lowest BCUT2D eigenvalue weighted by Gasteiger charge is -2.14. The quantitative estimate of drug-likeness (QED) is 0.516. The van der Waals surface area contributed by atoms with Crippen LogP contribution >= 0.6 is 0 Å². The second-order valence-corrected chi connectivity index (χ2v) is 3.52. The van der Waals surface area contributed by atoms with Crippen molar-refractivity contribution in [3.8, 4) is 0 Å². The molecule has 0 bridgehead atoms. The SMILES string of the molecule is O=C(O)c1cnc(NCC(F)(F)CO)c([N+](=O)[O-])c1. The number of aromatic carboxylic acids is 1. The summed E-state index contributed by atoms with van der Waals surface area (Å²) in [6.45, 7) is -2.50. The molecule has 0 fully saturated rings. The predicted molar refractivity (Wildman–Crippen MR) is 58.4 cm³/mol. The number of aliphatic hydroxyl groups excluding tert-OH is 1. The van der Waals surface area contributed by atoms with Gasteiger partial charge in [0.05, 0.1) is 17.0 Å². The molecule has 0 aromatic carbocycles. The Morgan fingerprint density at radius 1 is 1.58 bits per heavy atom. The highest BCUT2D eigenvalue weighted by atomic mass is 19.3. The molecule has 0 unspecified atom stereocenters. The first-order valence-corrected chi connectivity index (χ1v) is 4.87. The van der Waals surface area contributed by atoms with Crippen LogP contribution in [0.15, 0.2) is 12.3 Å². The van der Waals surface area contributed by atoms with Gasteiger partial charge in [-0.2, -0.15) is 0 Å². The topological polar surface area (TPSA) is 126 Å². The largest absolute Gasteiger partial charge is 0.478 e. The molecule has 104 valence electrons. The molecule has 0 radical (unpaired) electrons. The van der Waals surface area contributed by atoms with Crippen LogP contribution in [0.5, 0.6) is 0 Å². The van der Waals surface area contributed by atoms with Crippen molar-refractivity contribution in [2.45, 2.75) is 5.92 Å². The number of nitrogens with one attached hydrogen (secondary N) is 1. The molecule has 1 aromatic rings. The van der Waals surface area contributed by atoms with Crippen molar-refractivity contribution in [1.29, 1.82) is 0 Å². The van der Waals surface area contributed by atoms with Crippen molar-refractivity contribution >= 4 is 17.5 Å². The number of carboxylic acids is 1. The Balaban J connectivity index is 3.01. The van der Waals surface area contributed by atoms with Gasteiger partial charge in [-0.05, 0) is 0 Å². The van der Waals surface area contributed by atoms with Crippen LogP contribution in [0.1, 0.15) is 10.4 Å². The molecule has 0 aliphatic rings. The third-order valence-electron chi connectivity index (χ3n) is 2.06. The van der Waals surface area contributed by atoms with Gasteiger partial charge >= 0.3 is 11.7 Å². The van der Waals surface area contributed by atoms with Crippen LogP contribution in [0.2, 0.25) is 0 Å². The maximum Gasteiger partial charge on any atom is 0.337 e. The van der Waals surface area contributed by atoms with E-state index in [1.807, 2.05) is 5.32 Å². The molecular weight excluding hydrogens is 268 g/mol. The third-order valence-corrected chi connectivity index (χ3v) is 2.06. The fourth-order valence-corrected chi connectivity index (χ4v) is 1.11. The Bertz CT molecular complexity index is 509. The molecule has 0 atom stereocenters.